The average molecular weight is 296 g/mol. The number of hydrogen-bond acceptors (Lipinski definition) is 3. The van der Waals surface area contributed by atoms with Crippen LogP contribution < -0.4 is 0 Å². The van der Waals surface area contributed by atoms with E-state index in [9.17, 15) is 9.90 Å². The van der Waals surface area contributed by atoms with Crippen molar-refractivity contribution in [3.8, 4) is 5.75 Å². The second-order valence-corrected chi connectivity index (χ2v) is 5.97. The van der Waals surface area contributed by atoms with Gasteiger partial charge < -0.3 is 10.0 Å². The van der Waals surface area contributed by atoms with Crippen molar-refractivity contribution in [2.45, 2.75) is 13.0 Å². The van der Waals surface area contributed by atoms with Crippen LogP contribution in [0.1, 0.15) is 28.2 Å². The third kappa shape index (κ3) is 2.91. The standard InChI is InChI=1S/C14H14ClNO2S/c1-9(10-5-3-4-6-11(10)17)16(2)14(18)12-7-8-13(15)19-12/h3-9,17H,1-2H3. The van der Waals surface area contributed by atoms with E-state index in [4.69, 9.17) is 11.6 Å². The van der Waals surface area contributed by atoms with Crippen LogP contribution in [0.25, 0.3) is 0 Å². The zero-order valence-electron chi connectivity index (χ0n) is 10.6. The molecule has 1 heterocycles. The van der Waals surface area contributed by atoms with E-state index in [0.717, 1.165) is 5.56 Å². The van der Waals surface area contributed by atoms with Crippen molar-refractivity contribution in [1.29, 1.82) is 0 Å². The SMILES string of the molecule is CC(c1ccccc1O)N(C)C(=O)c1ccc(Cl)s1. The van der Waals surface area contributed by atoms with Crippen LogP contribution >= 0.6 is 22.9 Å². The van der Waals surface area contributed by atoms with Crippen LogP contribution in [0.15, 0.2) is 36.4 Å². The lowest BCUT2D eigenvalue weighted by molar-refractivity contribution is 0.0746. The zero-order valence-corrected chi connectivity index (χ0v) is 12.2. The number of thiophene rings is 1. The summed E-state index contributed by atoms with van der Waals surface area (Å²) in [7, 11) is 1.72. The Kier molecular flexibility index (Phi) is 4.12. The molecule has 0 aliphatic carbocycles. The molecule has 100 valence electrons. The third-order valence-electron chi connectivity index (χ3n) is 3.07. The van der Waals surface area contributed by atoms with Gasteiger partial charge in [0.15, 0.2) is 0 Å². The molecule has 0 radical (unpaired) electrons. The topological polar surface area (TPSA) is 40.5 Å². The Labute approximate surface area is 121 Å². The summed E-state index contributed by atoms with van der Waals surface area (Å²) in [6, 6.07) is 10.2. The lowest BCUT2D eigenvalue weighted by atomic mass is 10.1. The van der Waals surface area contributed by atoms with Gasteiger partial charge in [-0.2, -0.15) is 0 Å². The van der Waals surface area contributed by atoms with Gasteiger partial charge in [0, 0.05) is 12.6 Å². The fourth-order valence-electron chi connectivity index (χ4n) is 1.83. The predicted molar refractivity (Wildman–Crippen MR) is 77.9 cm³/mol. The molecular formula is C14H14ClNO2S. The molecule has 0 aliphatic heterocycles. The lowest BCUT2D eigenvalue weighted by Gasteiger charge is -2.25. The van der Waals surface area contributed by atoms with Crippen molar-refractivity contribution in [2.75, 3.05) is 7.05 Å². The van der Waals surface area contributed by atoms with Crippen molar-refractivity contribution in [3.05, 3.63) is 51.2 Å². The number of nitrogens with zero attached hydrogens (tertiary/aromatic N) is 1. The molecule has 0 aliphatic rings. The summed E-state index contributed by atoms with van der Waals surface area (Å²) < 4.78 is 0.590. The van der Waals surface area contributed by atoms with Gasteiger partial charge in [-0.25, -0.2) is 0 Å². The molecule has 0 fully saturated rings. The van der Waals surface area contributed by atoms with Crippen molar-refractivity contribution in [2.24, 2.45) is 0 Å². The summed E-state index contributed by atoms with van der Waals surface area (Å²) in [6.45, 7) is 1.88. The summed E-state index contributed by atoms with van der Waals surface area (Å²) >= 11 is 7.09. The van der Waals surface area contributed by atoms with E-state index in [1.165, 1.54) is 11.3 Å². The van der Waals surface area contributed by atoms with Crippen LogP contribution in [-0.2, 0) is 0 Å². The van der Waals surface area contributed by atoms with Gasteiger partial charge in [-0.1, -0.05) is 29.8 Å². The molecule has 1 aromatic heterocycles. The molecule has 2 aromatic rings. The zero-order chi connectivity index (χ0) is 14.0. The molecule has 1 amide bonds. The third-order valence-corrected chi connectivity index (χ3v) is 4.29. The minimum Gasteiger partial charge on any atom is -0.508 e. The summed E-state index contributed by atoms with van der Waals surface area (Å²) in [4.78, 5) is 14.5. The molecule has 0 bridgehead atoms. The molecule has 1 N–H and O–H groups in total. The van der Waals surface area contributed by atoms with Crippen LogP contribution in [0.4, 0.5) is 0 Å². The van der Waals surface area contributed by atoms with Gasteiger partial charge in [0.05, 0.1) is 15.3 Å². The number of carbonyl (C=O) groups is 1. The maximum absolute atomic E-state index is 12.3. The first-order valence-corrected chi connectivity index (χ1v) is 7.00. The van der Waals surface area contributed by atoms with E-state index in [0.29, 0.717) is 9.21 Å². The Balaban J connectivity index is 2.22. The van der Waals surface area contributed by atoms with E-state index < -0.39 is 0 Å². The van der Waals surface area contributed by atoms with Crippen LogP contribution in [0.2, 0.25) is 4.34 Å². The predicted octanol–water partition coefficient (Wildman–Crippen LogP) is 3.94. The smallest absolute Gasteiger partial charge is 0.264 e. The number of rotatable bonds is 3. The Morgan fingerprint density at radius 1 is 1.32 bits per heavy atom. The Bertz CT molecular complexity index is 597. The summed E-state index contributed by atoms with van der Waals surface area (Å²) in [6.07, 6.45) is 0. The fraction of sp³-hybridized carbons (Fsp3) is 0.214. The molecule has 1 unspecified atom stereocenters. The van der Waals surface area contributed by atoms with Gasteiger partial charge in [0.2, 0.25) is 0 Å². The molecular weight excluding hydrogens is 282 g/mol. The second kappa shape index (κ2) is 5.63. The monoisotopic (exact) mass is 295 g/mol. The van der Waals surface area contributed by atoms with Crippen LogP contribution in [0.3, 0.4) is 0 Å². The van der Waals surface area contributed by atoms with Gasteiger partial charge in [-0.15, -0.1) is 11.3 Å². The first-order valence-electron chi connectivity index (χ1n) is 5.81. The Morgan fingerprint density at radius 3 is 2.58 bits per heavy atom. The Morgan fingerprint density at radius 2 is 2.00 bits per heavy atom. The number of phenolic OH excluding ortho intramolecular Hbond substituents is 1. The highest BCUT2D eigenvalue weighted by molar-refractivity contribution is 7.17. The maximum atomic E-state index is 12.3. The number of halogens is 1. The number of aromatic hydroxyl groups is 1. The Hall–Kier alpha value is -1.52. The molecule has 0 spiro atoms. The highest BCUT2D eigenvalue weighted by Gasteiger charge is 2.21. The van der Waals surface area contributed by atoms with E-state index in [-0.39, 0.29) is 17.7 Å². The molecule has 1 aromatic carbocycles. The average Bonchev–Trinajstić information content (AvgIpc) is 2.83. The van der Waals surface area contributed by atoms with Crippen LogP contribution in [0.5, 0.6) is 5.75 Å². The first kappa shape index (κ1) is 13.9. The number of hydrogen-bond donors (Lipinski definition) is 1. The van der Waals surface area contributed by atoms with Gasteiger partial charge >= 0.3 is 0 Å². The number of phenols is 1. The molecule has 5 heteroatoms. The lowest BCUT2D eigenvalue weighted by Crippen LogP contribution is -2.29. The summed E-state index contributed by atoms with van der Waals surface area (Å²) in [5, 5.41) is 9.83. The second-order valence-electron chi connectivity index (χ2n) is 4.25. The number of amides is 1. The number of para-hydroxylation sites is 1. The van der Waals surface area contributed by atoms with Crippen molar-refractivity contribution in [1.82, 2.24) is 4.90 Å². The molecule has 0 saturated carbocycles. The minimum atomic E-state index is -0.213. The fourth-order valence-corrected chi connectivity index (χ4v) is 2.85. The van der Waals surface area contributed by atoms with Gasteiger partial charge in [-0.05, 0) is 25.1 Å². The maximum Gasteiger partial charge on any atom is 0.264 e. The van der Waals surface area contributed by atoms with Crippen LogP contribution in [0, 0.1) is 0 Å². The molecule has 1 atom stereocenters. The quantitative estimate of drug-likeness (QED) is 0.932. The van der Waals surface area contributed by atoms with Crippen LogP contribution in [-0.4, -0.2) is 23.0 Å². The van der Waals surface area contributed by atoms with Crippen molar-refractivity contribution >= 4 is 28.8 Å². The summed E-state index contributed by atoms with van der Waals surface area (Å²) in [5.41, 5.74) is 0.723. The minimum absolute atomic E-state index is 0.104. The van der Waals surface area contributed by atoms with E-state index in [2.05, 4.69) is 0 Å². The summed E-state index contributed by atoms with van der Waals surface area (Å²) in [5.74, 6) is 0.0894. The number of benzene rings is 1. The van der Waals surface area contributed by atoms with Gasteiger partial charge in [0.1, 0.15) is 5.75 Å². The van der Waals surface area contributed by atoms with E-state index >= 15 is 0 Å². The van der Waals surface area contributed by atoms with E-state index in [1.54, 1.807) is 36.2 Å². The highest BCUT2D eigenvalue weighted by Crippen LogP contribution is 2.30. The molecule has 2 rings (SSSR count). The normalized spacial score (nSPS) is 12.2. The first-order chi connectivity index (χ1) is 9.00. The van der Waals surface area contributed by atoms with Gasteiger partial charge in [-0.3, -0.25) is 4.79 Å². The molecule has 19 heavy (non-hydrogen) atoms. The van der Waals surface area contributed by atoms with Crippen molar-refractivity contribution < 1.29 is 9.90 Å². The number of carbonyl (C=O) groups excluding carboxylic acids is 1. The largest absolute Gasteiger partial charge is 0.508 e. The molecule has 3 nitrogen and oxygen atoms in total. The highest BCUT2D eigenvalue weighted by atomic mass is 35.5. The van der Waals surface area contributed by atoms with Crippen molar-refractivity contribution in [3.63, 3.8) is 0 Å². The van der Waals surface area contributed by atoms with E-state index in [1.807, 2.05) is 19.1 Å². The molecule has 0 saturated heterocycles. The van der Waals surface area contributed by atoms with Gasteiger partial charge in [0.25, 0.3) is 5.91 Å².